The average Bonchev–Trinajstić information content (AvgIpc) is 0.811. The third-order valence-electron chi connectivity index (χ3n) is 0. The Morgan fingerprint density at radius 1 is 1.29 bits per heavy atom. The Morgan fingerprint density at radius 3 is 1.29 bits per heavy atom. The van der Waals surface area contributed by atoms with Gasteiger partial charge in [-0.1, -0.05) is 0 Å². The molecule has 0 bridgehead atoms. The Kier molecular flexibility index (Phi) is 51.4. The monoisotopic (exact) mass is 254 g/mol. The van der Waals surface area contributed by atoms with Gasteiger partial charge in [0.2, 0.25) is 0 Å². The van der Waals surface area contributed by atoms with E-state index in [1.165, 1.54) is 0 Å². The predicted octanol–water partition coefficient (Wildman–Crippen LogP) is -1.90. The SMILES string of the molecule is O.O=C(O)O.[CsH].[KH]. The molecule has 4 nitrogen and oxygen atoms in total. The Labute approximate surface area is 142 Å². The number of hydrogen-bond donors (Lipinski definition) is 2. The third kappa shape index (κ3) is 50.1. The van der Waals surface area contributed by atoms with E-state index in [2.05, 4.69) is 0 Å². The van der Waals surface area contributed by atoms with Crippen molar-refractivity contribution in [2.45, 2.75) is 0 Å². The predicted molar refractivity (Wildman–Crippen MR) is 28.6 cm³/mol. The zero-order chi connectivity index (χ0) is 3.58. The van der Waals surface area contributed by atoms with Gasteiger partial charge in [0.15, 0.2) is 0 Å². The van der Waals surface area contributed by atoms with E-state index in [1.54, 1.807) is 0 Å². The zero-order valence-corrected chi connectivity index (χ0v) is 2.30. The summed E-state index contributed by atoms with van der Waals surface area (Å²) in [5, 5.41) is 13.9. The van der Waals surface area contributed by atoms with Gasteiger partial charge in [-0.15, -0.1) is 0 Å². The molecule has 6 heteroatoms. The topological polar surface area (TPSA) is 89.0 Å². The molecule has 4 N–H and O–H groups in total. The molecule has 0 aromatic carbocycles. The summed E-state index contributed by atoms with van der Waals surface area (Å²) in [6, 6.07) is 0. The van der Waals surface area contributed by atoms with Crippen molar-refractivity contribution in [3.05, 3.63) is 0 Å². The van der Waals surface area contributed by atoms with Gasteiger partial charge in [-0.2, -0.15) is 0 Å². The summed E-state index contributed by atoms with van der Waals surface area (Å²) in [4.78, 5) is 8.56. The molecule has 0 saturated heterocycles. The van der Waals surface area contributed by atoms with Gasteiger partial charge in [-0.05, 0) is 0 Å². The first-order valence-electron chi connectivity index (χ1n) is 0.651. The zero-order valence-electron chi connectivity index (χ0n) is 2.30. The van der Waals surface area contributed by atoms with Gasteiger partial charge in [-0.3, -0.25) is 0 Å². The minimum absolute atomic E-state index is 0. The molecule has 0 aliphatic heterocycles. The van der Waals surface area contributed by atoms with Crippen LogP contribution in [0.25, 0.3) is 0 Å². The van der Waals surface area contributed by atoms with Crippen LogP contribution in [-0.4, -0.2) is 142 Å². The third-order valence-corrected chi connectivity index (χ3v) is 0. The number of carbonyl (C=O) groups is 1. The summed E-state index contributed by atoms with van der Waals surface area (Å²) in [5.41, 5.74) is 0. The fourth-order valence-electron chi connectivity index (χ4n) is 0. The molecule has 0 heterocycles. The maximum atomic E-state index is 8.56. The number of rotatable bonds is 0. The fourth-order valence-corrected chi connectivity index (χ4v) is 0. The van der Waals surface area contributed by atoms with Crippen LogP contribution in [0.4, 0.5) is 4.79 Å². The molecule has 0 atom stereocenters. The molecule has 36 valence electrons. The summed E-state index contributed by atoms with van der Waals surface area (Å²) < 4.78 is 0. The van der Waals surface area contributed by atoms with Crippen molar-refractivity contribution in [2.24, 2.45) is 0 Å². The van der Waals surface area contributed by atoms with Crippen LogP contribution in [0.2, 0.25) is 0 Å². The van der Waals surface area contributed by atoms with Crippen molar-refractivity contribution >= 4 is 126 Å². The first kappa shape index (κ1) is 22.5. The van der Waals surface area contributed by atoms with Crippen molar-refractivity contribution in [1.82, 2.24) is 0 Å². The molecule has 0 radical (unpaired) electrons. The number of hydrogen-bond acceptors (Lipinski definition) is 1. The fraction of sp³-hybridized carbons (Fsp3) is 0. The van der Waals surface area contributed by atoms with Gasteiger partial charge >= 0.3 is 126 Å². The molecule has 0 fully saturated rings. The van der Waals surface area contributed by atoms with Gasteiger partial charge < -0.3 is 15.7 Å². The van der Waals surface area contributed by atoms with Crippen LogP contribution < -0.4 is 0 Å². The summed E-state index contributed by atoms with van der Waals surface area (Å²) >= 11 is 0. The van der Waals surface area contributed by atoms with E-state index in [0.29, 0.717) is 0 Å². The first-order chi connectivity index (χ1) is 1.73. The van der Waals surface area contributed by atoms with E-state index >= 15 is 0 Å². The van der Waals surface area contributed by atoms with Crippen molar-refractivity contribution in [3.63, 3.8) is 0 Å². The van der Waals surface area contributed by atoms with E-state index in [1.807, 2.05) is 0 Å². The maximum absolute atomic E-state index is 8.56. The normalized spacial score (nSPS) is 3.43. The van der Waals surface area contributed by atoms with Gasteiger partial charge in [0.1, 0.15) is 0 Å². The quantitative estimate of drug-likeness (QED) is 0.495. The van der Waals surface area contributed by atoms with Crippen molar-refractivity contribution in [1.29, 1.82) is 0 Å². The van der Waals surface area contributed by atoms with Gasteiger partial charge in [0.25, 0.3) is 0 Å². The molecule has 0 spiro atoms. The molecule has 0 aromatic heterocycles. The van der Waals surface area contributed by atoms with Gasteiger partial charge in [-0.25, -0.2) is 4.79 Å². The summed E-state index contributed by atoms with van der Waals surface area (Å²) in [5.74, 6) is 0. The van der Waals surface area contributed by atoms with E-state index in [9.17, 15) is 0 Å². The molecule has 0 rings (SSSR count). The van der Waals surface area contributed by atoms with Crippen LogP contribution in [0.15, 0.2) is 0 Å². The second-order valence-corrected chi connectivity index (χ2v) is 0.283. The summed E-state index contributed by atoms with van der Waals surface area (Å²) in [6.45, 7) is 0. The van der Waals surface area contributed by atoms with E-state index in [4.69, 9.17) is 15.0 Å². The van der Waals surface area contributed by atoms with Crippen molar-refractivity contribution < 1.29 is 20.5 Å². The van der Waals surface area contributed by atoms with Crippen LogP contribution >= 0.6 is 0 Å². The van der Waals surface area contributed by atoms with Crippen LogP contribution in [0, 0.1) is 0 Å². The second kappa shape index (κ2) is 16.0. The van der Waals surface area contributed by atoms with Gasteiger partial charge in [0.05, 0.1) is 0 Å². The first-order valence-corrected chi connectivity index (χ1v) is 0.651. The molecule has 7 heavy (non-hydrogen) atoms. The minimum atomic E-state index is -1.83. The Morgan fingerprint density at radius 2 is 1.29 bits per heavy atom. The average molecular weight is 254 g/mol. The standard InChI is InChI=1S/CH2O3.Cs.K.H2O.2H/c2-1(3)4;;;;;/h(H2,2,3,4);;;1H2;;. The van der Waals surface area contributed by atoms with Crippen molar-refractivity contribution in [3.8, 4) is 0 Å². The van der Waals surface area contributed by atoms with Crippen LogP contribution in [0.3, 0.4) is 0 Å². The van der Waals surface area contributed by atoms with E-state index in [0.717, 1.165) is 0 Å². The number of carboxylic acid groups (broad SMARTS) is 2. The molecule has 0 unspecified atom stereocenters. The van der Waals surface area contributed by atoms with E-state index in [-0.39, 0.29) is 126 Å². The Balaban J connectivity index is -0.0000000150. The Bertz CT molecular complexity index is 34.7. The van der Waals surface area contributed by atoms with E-state index < -0.39 is 6.16 Å². The molecule has 0 aromatic rings. The molecular formula is CH6CsKO4. The molecule has 0 amide bonds. The second-order valence-electron chi connectivity index (χ2n) is 0.283. The molecule has 0 aliphatic rings. The molecular weight excluding hydrogens is 248 g/mol. The van der Waals surface area contributed by atoms with Crippen LogP contribution in [0.5, 0.6) is 0 Å². The molecule has 0 aliphatic carbocycles. The summed E-state index contributed by atoms with van der Waals surface area (Å²) in [6.07, 6.45) is -1.83. The molecule has 0 saturated carbocycles. The van der Waals surface area contributed by atoms with Crippen LogP contribution in [0.1, 0.15) is 0 Å². The van der Waals surface area contributed by atoms with Gasteiger partial charge in [0, 0.05) is 0 Å². The summed E-state index contributed by atoms with van der Waals surface area (Å²) in [7, 11) is 0. The van der Waals surface area contributed by atoms with Crippen LogP contribution in [-0.2, 0) is 0 Å². The Hall–Kier alpha value is 2.92. The van der Waals surface area contributed by atoms with Crippen molar-refractivity contribution in [2.75, 3.05) is 0 Å².